The smallest absolute Gasteiger partial charge is 0.356 e. The number of pyridine rings is 1. The first-order valence-electron chi connectivity index (χ1n) is 7.50. The standard InChI is InChI=1S/C18H20N2O3/c1-4-13-8-10-14(11-9-13)12(2)19-17(21)15-6-5-7-16(20-15)18(22)23-3/h5-12H,4H2,1-3H3,(H,19,21). The summed E-state index contributed by atoms with van der Waals surface area (Å²) in [7, 11) is 1.28. The number of methoxy groups -OCH3 is 1. The molecule has 1 aromatic heterocycles. The van der Waals surface area contributed by atoms with Gasteiger partial charge in [-0.25, -0.2) is 9.78 Å². The lowest BCUT2D eigenvalue weighted by atomic mass is 10.0. The number of rotatable bonds is 5. The number of benzene rings is 1. The lowest BCUT2D eigenvalue weighted by Crippen LogP contribution is -2.27. The van der Waals surface area contributed by atoms with Gasteiger partial charge < -0.3 is 10.1 Å². The van der Waals surface area contributed by atoms with Crippen LogP contribution in [0.3, 0.4) is 0 Å². The highest BCUT2D eigenvalue weighted by Gasteiger charge is 2.15. The van der Waals surface area contributed by atoms with E-state index in [9.17, 15) is 9.59 Å². The van der Waals surface area contributed by atoms with Gasteiger partial charge in [0.25, 0.3) is 5.91 Å². The molecule has 1 amide bonds. The quantitative estimate of drug-likeness (QED) is 0.862. The van der Waals surface area contributed by atoms with Crippen LogP contribution in [0.4, 0.5) is 0 Å². The fourth-order valence-electron chi connectivity index (χ4n) is 2.18. The van der Waals surface area contributed by atoms with Crippen LogP contribution < -0.4 is 5.32 Å². The summed E-state index contributed by atoms with van der Waals surface area (Å²) in [4.78, 5) is 27.8. The molecule has 0 radical (unpaired) electrons. The van der Waals surface area contributed by atoms with Crippen LogP contribution in [0.15, 0.2) is 42.5 Å². The highest BCUT2D eigenvalue weighted by Crippen LogP contribution is 2.14. The van der Waals surface area contributed by atoms with Crippen molar-refractivity contribution in [3.8, 4) is 0 Å². The lowest BCUT2D eigenvalue weighted by Gasteiger charge is -2.14. The number of nitrogens with one attached hydrogen (secondary N) is 1. The summed E-state index contributed by atoms with van der Waals surface area (Å²) < 4.78 is 4.61. The summed E-state index contributed by atoms with van der Waals surface area (Å²) in [5.41, 5.74) is 2.56. The first-order valence-corrected chi connectivity index (χ1v) is 7.50. The zero-order chi connectivity index (χ0) is 16.8. The first-order chi connectivity index (χ1) is 11.0. The van der Waals surface area contributed by atoms with Crippen molar-refractivity contribution in [1.29, 1.82) is 0 Å². The maximum atomic E-state index is 12.3. The highest BCUT2D eigenvalue weighted by atomic mass is 16.5. The fraction of sp³-hybridized carbons (Fsp3) is 0.278. The van der Waals surface area contributed by atoms with E-state index < -0.39 is 5.97 Å². The molecule has 23 heavy (non-hydrogen) atoms. The molecule has 1 N–H and O–H groups in total. The Bertz CT molecular complexity index is 696. The summed E-state index contributed by atoms with van der Waals surface area (Å²) in [6.07, 6.45) is 0.977. The predicted molar refractivity (Wildman–Crippen MR) is 87.3 cm³/mol. The number of aromatic nitrogens is 1. The van der Waals surface area contributed by atoms with Crippen LogP contribution in [0.2, 0.25) is 0 Å². The van der Waals surface area contributed by atoms with E-state index in [0.717, 1.165) is 12.0 Å². The van der Waals surface area contributed by atoms with Crippen molar-refractivity contribution in [2.75, 3.05) is 7.11 Å². The molecule has 0 saturated carbocycles. The number of hydrogen-bond donors (Lipinski definition) is 1. The Hall–Kier alpha value is -2.69. The van der Waals surface area contributed by atoms with Crippen LogP contribution in [0.5, 0.6) is 0 Å². The van der Waals surface area contributed by atoms with Crippen molar-refractivity contribution in [2.24, 2.45) is 0 Å². The average molecular weight is 312 g/mol. The van der Waals surface area contributed by atoms with Crippen molar-refractivity contribution >= 4 is 11.9 Å². The third-order valence-corrected chi connectivity index (χ3v) is 3.61. The van der Waals surface area contributed by atoms with E-state index in [1.54, 1.807) is 12.1 Å². The van der Waals surface area contributed by atoms with Gasteiger partial charge in [-0.3, -0.25) is 4.79 Å². The Morgan fingerprint density at radius 2 is 1.78 bits per heavy atom. The van der Waals surface area contributed by atoms with Crippen molar-refractivity contribution in [3.05, 3.63) is 65.0 Å². The zero-order valence-corrected chi connectivity index (χ0v) is 13.5. The van der Waals surface area contributed by atoms with Gasteiger partial charge in [0, 0.05) is 0 Å². The minimum Gasteiger partial charge on any atom is -0.464 e. The third kappa shape index (κ3) is 4.16. The molecular weight excluding hydrogens is 292 g/mol. The number of ether oxygens (including phenoxy) is 1. The molecule has 0 aliphatic heterocycles. The number of carbonyl (C=O) groups is 2. The summed E-state index contributed by atoms with van der Waals surface area (Å²) in [5.74, 6) is -0.898. The third-order valence-electron chi connectivity index (χ3n) is 3.61. The second-order valence-electron chi connectivity index (χ2n) is 5.19. The molecule has 1 unspecified atom stereocenters. The maximum Gasteiger partial charge on any atom is 0.356 e. The maximum absolute atomic E-state index is 12.3. The Balaban J connectivity index is 2.10. The van der Waals surface area contributed by atoms with Crippen LogP contribution in [0, 0.1) is 0 Å². The van der Waals surface area contributed by atoms with Crippen LogP contribution in [-0.4, -0.2) is 24.0 Å². The SMILES string of the molecule is CCc1ccc(C(C)NC(=O)c2cccc(C(=O)OC)n2)cc1. The number of nitrogens with zero attached hydrogens (tertiary/aromatic N) is 1. The number of carbonyl (C=O) groups excluding carboxylic acids is 2. The lowest BCUT2D eigenvalue weighted by molar-refractivity contribution is 0.0594. The zero-order valence-electron chi connectivity index (χ0n) is 13.5. The van der Waals surface area contributed by atoms with Gasteiger partial charge in [-0.05, 0) is 36.6 Å². The molecule has 1 aromatic carbocycles. The van der Waals surface area contributed by atoms with Gasteiger partial charge in [-0.1, -0.05) is 37.3 Å². The van der Waals surface area contributed by atoms with Crippen molar-refractivity contribution in [2.45, 2.75) is 26.3 Å². The van der Waals surface area contributed by atoms with E-state index in [1.807, 2.05) is 31.2 Å². The summed E-state index contributed by atoms with van der Waals surface area (Å²) >= 11 is 0. The molecular formula is C18H20N2O3. The predicted octanol–water partition coefficient (Wildman–Crippen LogP) is 2.92. The Labute approximate surface area is 135 Å². The molecule has 0 spiro atoms. The van der Waals surface area contributed by atoms with Crippen LogP contribution >= 0.6 is 0 Å². The second-order valence-corrected chi connectivity index (χ2v) is 5.19. The van der Waals surface area contributed by atoms with E-state index in [4.69, 9.17) is 0 Å². The molecule has 0 saturated heterocycles. The molecule has 1 atom stereocenters. The van der Waals surface area contributed by atoms with Gasteiger partial charge >= 0.3 is 5.97 Å². The molecule has 0 aliphatic carbocycles. The van der Waals surface area contributed by atoms with Gasteiger partial charge in [-0.15, -0.1) is 0 Å². The van der Waals surface area contributed by atoms with E-state index in [2.05, 4.69) is 22.0 Å². The Morgan fingerprint density at radius 3 is 2.39 bits per heavy atom. The topological polar surface area (TPSA) is 68.3 Å². The molecule has 2 aromatic rings. The Morgan fingerprint density at radius 1 is 1.13 bits per heavy atom. The van der Waals surface area contributed by atoms with Crippen LogP contribution in [-0.2, 0) is 11.2 Å². The van der Waals surface area contributed by atoms with Gasteiger partial charge in [0.2, 0.25) is 0 Å². The van der Waals surface area contributed by atoms with Gasteiger partial charge in [0.05, 0.1) is 13.2 Å². The highest BCUT2D eigenvalue weighted by molar-refractivity contribution is 5.94. The normalized spacial score (nSPS) is 11.6. The largest absolute Gasteiger partial charge is 0.464 e. The summed E-state index contributed by atoms with van der Waals surface area (Å²) in [5, 5.41) is 2.88. The van der Waals surface area contributed by atoms with E-state index >= 15 is 0 Å². The number of aryl methyl sites for hydroxylation is 1. The molecule has 1 heterocycles. The van der Waals surface area contributed by atoms with Gasteiger partial charge in [0.15, 0.2) is 0 Å². The van der Waals surface area contributed by atoms with Gasteiger partial charge in [0.1, 0.15) is 11.4 Å². The minimum absolute atomic E-state index is 0.111. The summed E-state index contributed by atoms with van der Waals surface area (Å²) in [6.45, 7) is 4.00. The Kier molecular flexibility index (Phi) is 5.46. The fourth-order valence-corrected chi connectivity index (χ4v) is 2.18. The van der Waals surface area contributed by atoms with Crippen LogP contribution in [0.25, 0.3) is 0 Å². The number of hydrogen-bond acceptors (Lipinski definition) is 4. The summed E-state index contributed by atoms with van der Waals surface area (Å²) in [6, 6.07) is 12.6. The van der Waals surface area contributed by atoms with Crippen molar-refractivity contribution in [3.63, 3.8) is 0 Å². The first kappa shape index (κ1) is 16.7. The molecule has 0 bridgehead atoms. The minimum atomic E-state index is -0.567. The average Bonchev–Trinajstić information content (AvgIpc) is 2.61. The molecule has 0 aliphatic rings. The molecule has 2 rings (SSSR count). The molecule has 5 nitrogen and oxygen atoms in total. The second kappa shape index (κ2) is 7.54. The van der Waals surface area contributed by atoms with E-state index in [-0.39, 0.29) is 23.3 Å². The van der Waals surface area contributed by atoms with Gasteiger partial charge in [-0.2, -0.15) is 0 Å². The van der Waals surface area contributed by atoms with E-state index in [1.165, 1.54) is 18.7 Å². The molecule has 5 heteroatoms. The molecule has 120 valence electrons. The monoisotopic (exact) mass is 312 g/mol. The number of esters is 1. The number of amides is 1. The van der Waals surface area contributed by atoms with E-state index in [0.29, 0.717) is 0 Å². The van der Waals surface area contributed by atoms with Crippen molar-refractivity contribution < 1.29 is 14.3 Å². The van der Waals surface area contributed by atoms with Crippen LogP contribution in [0.1, 0.15) is 52.0 Å². The van der Waals surface area contributed by atoms with Crippen molar-refractivity contribution in [1.82, 2.24) is 10.3 Å². The molecule has 0 fully saturated rings.